The van der Waals surface area contributed by atoms with Gasteiger partial charge in [-0.1, -0.05) is 33.6 Å². The van der Waals surface area contributed by atoms with E-state index in [1.54, 1.807) is 24.3 Å². The Bertz CT molecular complexity index is 1030. The zero-order valence-corrected chi connectivity index (χ0v) is 16.6. The molecule has 0 unspecified atom stereocenters. The largest absolute Gasteiger partial charge is 0.495 e. The number of nitrogens with one attached hydrogen (secondary N) is 1. The van der Waals surface area contributed by atoms with Crippen LogP contribution in [0, 0.1) is 0 Å². The highest BCUT2D eigenvalue weighted by Crippen LogP contribution is 2.32. The molecule has 3 rings (SSSR count). The summed E-state index contributed by atoms with van der Waals surface area (Å²) in [5, 5.41) is 23.4. The minimum atomic E-state index is -1.09. The van der Waals surface area contributed by atoms with Gasteiger partial charge in [0, 0.05) is 28.2 Å². The second-order valence-electron chi connectivity index (χ2n) is 5.79. The minimum Gasteiger partial charge on any atom is -0.495 e. The van der Waals surface area contributed by atoms with Crippen LogP contribution in [0.4, 0.5) is 5.69 Å². The summed E-state index contributed by atoms with van der Waals surface area (Å²) < 4.78 is 5.86. The van der Waals surface area contributed by atoms with Gasteiger partial charge in [-0.2, -0.15) is 0 Å². The summed E-state index contributed by atoms with van der Waals surface area (Å²) in [6, 6.07) is 8.88. The number of hydrogen-bond acceptors (Lipinski definition) is 5. The Kier molecular flexibility index (Phi) is 5.84. The van der Waals surface area contributed by atoms with Crippen LogP contribution in [-0.4, -0.2) is 28.3 Å². The first-order chi connectivity index (χ1) is 12.9. The first-order valence-electron chi connectivity index (χ1n) is 7.96. The summed E-state index contributed by atoms with van der Waals surface area (Å²) in [5.74, 6) is -0.525. The van der Waals surface area contributed by atoms with E-state index in [-0.39, 0.29) is 12.2 Å². The van der Waals surface area contributed by atoms with Gasteiger partial charge < -0.3 is 20.3 Å². The number of carboxylic acid groups (broad SMARTS) is 1. The number of aliphatic hydroxyl groups excluding tert-OH is 1. The average Bonchev–Trinajstić information content (AvgIpc) is 2.65. The predicted molar refractivity (Wildman–Crippen MR) is 108 cm³/mol. The topological polar surface area (TPSA) is 91.7 Å². The third-order valence-electron chi connectivity index (χ3n) is 4.10. The number of fused-ring (bicyclic) bond motifs is 1. The molecule has 0 saturated carbocycles. The van der Waals surface area contributed by atoms with Crippen molar-refractivity contribution in [1.29, 1.82) is 0 Å². The molecule has 0 radical (unpaired) electrons. The van der Waals surface area contributed by atoms with Gasteiger partial charge in [-0.05, 0) is 29.8 Å². The van der Waals surface area contributed by atoms with E-state index in [0.29, 0.717) is 39.5 Å². The van der Waals surface area contributed by atoms with Crippen molar-refractivity contribution in [3.05, 3.63) is 62.7 Å². The number of aromatic carboxylic acids is 1. The van der Waals surface area contributed by atoms with Crippen LogP contribution in [0.5, 0.6) is 5.75 Å². The number of benzene rings is 2. The van der Waals surface area contributed by atoms with E-state index in [9.17, 15) is 15.0 Å². The Morgan fingerprint density at radius 3 is 2.74 bits per heavy atom. The second-order valence-corrected chi connectivity index (χ2v) is 7.12. The Morgan fingerprint density at radius 1 is 1.33 bits per heavy atom. The minimum absolute atomic E-state index is 0.0455. The molecule has 0 aliphatic carbocycles. The molecule has 27 heavy (non-hydrogen) atoms. The van der Waals surface area contributed by atoms with Crippen LogP contribution in [0.15, 0.2) is 41.0 Å². The molecule has 0 atom stereocenters. The number of anilines is 1. The number of aromatic nitrogens is 1. The quantitative estimate of drug-likeness (QED) is 0.512. The lowest BCUT2D eigenvalue weighted by Gasteiger charge is -2.15. The summed E-state index contributed by atoms with van der Waals surface area (Å²) in [4.78, 5) is 15.9. The Hall–Kier alpha value is -2.35. The summed E-state index contributed by atoms with van der Waals surface area (Å²) in [5.41, 5.74) is 2.48. The van der Waals surface area contributed by atoms with E-state index in [0.717, 1.165) is 10.0 Å². The third kappa shape index (κ3) is 4.00. The lowest BCUT2D eigenvalue weighted by atomic mass is 10.1. The van der Waals surface area contributed by atoms with Crippen LogP contribution in [-0.2, 0) is 13.2 Å². The molecule has 2 aromatic carbocycles. The van der Waals surface area contributed by atoms with Crippen LogP contribution < -0.4 is 10.1 Å². The molecule has 0 bridgehead atoms. The number of halogens is 2. The van der Waals surface area contributed by atoms with Crippen molar-refractivity contribution < 1.29 is 19.7 Å². The molecular formula is C19H16BrClN2O4. The first kappa shape index (κ1) is 19.4. The van der Waals surface area contributed by atoms with Gasteiger partial charge in [0.05, 0.1) is 29.9 Å². The molecule has 6 nitrogen and oxygen atoms in total. The molecule has 140 valence electrons. The Labute approximate surface area is 168 Å². The molecule has 0 aliphatic heterocycles. The maximum absolute atomic E-state index is 11.7. The molecule has 0 fully saturated rings. The van der Waals surface area contributed by atoms with Gasteiger partial charge in [0.2, 0.25) is 0 Å². The van der Waals surface area contributed by atoms with Gasteiger partial charge in [-0.15, -0.1) is 0 Å². The normalized spacial score (nSPS) is 10.8. The second kappa shape index (κ2) is 8.12. The van der Waals surface area contributed by atoms with Gasteiger partial charge in [-0.3, -0.25) is 4.98 Å². The van der Waals surface area contributed by atoms with Crippen LogP contribution in [0.1, 0.15) is 21.5 Å². The van der Waals surface area contributed by atoms with Crippen LogP contribution in [0.3, 0.4) is 0 Å². The lowest BCUT2D eigenvalue weighted by Crippen LogP contribution is -2.09. The number of rotatable bonds is 6. The van der Waals surface area contributed by atoms with Gasteiger partial charge >= 0.3 is 5.97 Å². The summed E-state index contributed by atoms with van der Waals surface area (Å²) in [6.07, 6.45) is 1.29. The highest BCUT2D eigenvalue weighted by molar-refractivity contribution is 9.10. The molecule has 1 heterocycles. The maximum Gasteiger partial charge on any atom is 0.339 e. The van der Waals surface area contributed by atoms with E-state index >= 15 is 0 Å². The predicted octanol–water partition coefficient (Wildman–Crippen LogP) is 4.46. The molecule has 1 aromatic heterocycles. The molecule has 0 amide bonds. The fourth-order valence-electron chi connectivity index (χ4n) is 2.82. The number of hydrogen-bond donors (Lipinski definition) is 3. The van der Waals surface area contributed by atoms with E-state index in [1.807, 2.05) is 6.07 Å². The Balaban J connectivity index is 2.06. The zero-order chi connectivity index (χ0) is 19.6. The van der Waals surface area contributed by atoms with Crippen LogP contribution >= 0.6 is 27.5 Å². The fraction of sp³-hybridized carbons (Fsp3) is 0.158. The van der Waals surface area contributed by atoms with E-state index in [4.69, 9.17) is 16.3 Å². The number of pyridine rings is 1. The van der Waals surface area contributed by atoms with E-state index in [1.165, 1.54) is 13.3 Å². The summed E-state index contributed by atoms with van der Waals surface area (Å²) in [6.45, 7) is 0.146. The van der Waals surface area contributed by atoms with Crippen LogP contribution in [0.25, 0.3) is 10.9 Å². The van der Waals surface area contributed by atoms with Crippen molar-refractivity contribution in [3.8, 4) is 5.75 Å². The number of carbonyl (C=O) groups is 1. The Morgan fingerprint density at radius 2 is 2.11 bits per heavy atom. The van der Waals surface area contributed by atoms with Gasteiger partial charge in [0.25, 0.3) is 0 Å². The molecule has 3 aromatic rings. The number of carboxylic acids is 1. The van der Waals surface area contributed by atoms with Gasteiger partial charge in [-0.25, -0.2) is 4.79 Å². The fourth-order valence-corrected chi connectivity index (χ4v) is 3.61. The van der Waals surface area contributed by atoms with E-state index < -0.39 is 5.97 Å². The highest BCUT2D eigenvalue weighted by atomic mass is 79.9. The number of ether oxygens (including phenoxy) is 1. The summed E-state index contributed by atoms with van der Waals surface area (Å²) in [7, 11) is 1.54. The summed E-state index contributed by atoms with van der Waals surface area (Å²) >= 11 is 9.55. The van der Waals surface area contributed by atoms with Gasteiger partial charge in [0.15, 0.2) is 0 Å². The number of methoxy groups -OCH3 is 1. The van der Waals surface area contributed by atoms with Crippen molar-refractivity contribution >= 4 is 50.1 Å². The van der Waals surface area contributed by atoms with Crippen molar-refractivity contribution in [2.75, 3.05) is 12.4 Å². The molecular weight excluding hydrogens is 436 g/mol. The zero-order valence-electron chi connectivity index (χ0n) is 14.3. The van der Waals surface area contributed by atoms with Crippen LogP contribution in [0.2, 0.25) is 5.02 Å². The third-order valence-corrected chi connectivity index (χ3v) is 4.85. The van der Waals surface area contributed by atoms with Gasteiger partial charge in [0.1, 0.15) is 11.3 Å². The standard InChI is InChI=1S/C19H16BrClN2O4/c1-27-16-3-2-10(4-15(16)21)7-22-18-13-6-12(20)5-11(9-24)17(13)23-8-14(18)19(25)26/h2-6,8,24H,7,9H2,1H3,(H,22,23)(H,25,26). The SMILES string of the molecule is COc1ccc(CNc2c(C(=O)O)cnc3c(CO)cc(Br)cc23)cc1Cl. The van der Waals surface area contributed by atoms with E-state index in [2.05, 4.69) is 26.2 Å². The average molecular weight is 452 g/mol. The highest BCUT2D eigenvalue weighted by Gasteiger charge is 2.17. The molecule has 0 saturated heterocycles. The maximum atomic E-state index is 11.7. The van der Waals surface area contributed by atoms with Crippen molar-refractivity contribution in [2.24, 2.45) is 0 Å². The number of nitrogens with zero attached hydrogens (tertiary/aromatic N) is 1. The molecule has 8 heteroatoms. The van der Waals surface area contributed by atoms with Crippen molar-refractivity contribution in [1.82, 2.24) is 4.98 Å². The monoisotopic (exact) mass is 450 g/mol. The van der Waals surface area contributed by atoms with Crippen molar-refractivity contribution in [3.63, 3.8) is 0 Å². The lowest BCUT2D eigenvalue weighted by molar-refractivity contribution is 0.0697. The molecule has 3 N–H and O–H groups in total. The number of aliphatic hydroxyl groups is 1. The first-order valence-corrected chi connectivity index (χ1v) is 9.13. The smallest absolute Gasteiger partial charge is 0.339 e. The molecule has 0 aliphatic rings. The molecule has 0 spiro atoms. The van der Waals surface area contributed by atoms with Crippen molar-refractivity contribution in [2.45, 2.75) is 13.2 Å².